The van der Waals surface area contributed by atoms with Crippen LogP contribution in [0.25, 0.3) is 0 Å². The number of amides is 1. The normalized spacial score (nSPS) is 18.1. The molecular formula is C12H16ClN3O3S. The smallest absolute Gasteiger partial charge is 0.225 e. The van der Waals surface area contributed by atoms with Gasteiger partial charge in [-0.15, -0.1) is 0 Å². The number of carbonyl (C=O) groups excluding carboxylic acids is 1. The third-order valence-corrected chi connectivity index (χ3v) is 5.27. The van der Waals surface area contributed by atoms with Crippen LogP contribution in [0, 0.1) is 0 Å². The molecule has 0 bridgehead atoms. The molecule has 20 heavy (non-hydrogen) atoms. The fraction of sp³-hybridized carbons (Fsp3) is 0.417. The van der Waals surface area contributed by atoms with Crippen molar-refractivity contribution in [2.45, 2.75) is 12.8 Å². The number of nitrogens with two attached hydrogens (primary N) is 1. The maximum atomic E-state index is 11.8. The van der Waals surface area contributed by atoms with E-state index in [1.165, 1.54) is 4.31 Å². The monoisotopic (exact) mass is 317 g/mol. The first-order chi connectivity index (χ1) is 9.38. The van der Waals surface area contributed by atoms with E-state index in [1.54, 1.807) is 18.2 Å². The first-order valence-corrected chi connectivity index (χ1v) is 8.20. The Bertz CT molecular complexity index is 618. The van der Waals surface area contributed by atoms with Crippen molar-refractivity contribution in [3.8, 4) is 0 Å². The van der Waals surface area contributed by atoms with Crippen molar-refractivity contribution in [1.82, 2.24) is 4.31 Å². The van der Waals surface area contributed by atoms with E-state index in [2.05, 4.69) is 5.32 Å². The Kier molecular flexibility index (Phi) is 4.52. The van der Waals surface area contributed by atoms with Gasteiger partial charge in [-0.25, -0.2) is 12.7 Å². The van der Waals surface area contributed by atoms with Gasteiger partial charge in [-0.3, -0.25) is 4.79 Å². The summed E-state index contributed by atoms with van der Waals surface area (Å²) in [4.78, 5) is 11.8. The summed E-state index contributed by atoms with van der Waals surface area (Å²) in [6.45, 7) is 0.681. The Balaban J connectivity index is 1.90. The number of carbonyl (C=O) groups is 1. The van der Waals surface area contributed by atoms with E-state index in [0.29, 0.717) is 29.4 Å². The second-order valence-corrected chi connectivity index (χ2v) is 7.12. The highest BCUT2D eigenvalue weighted by Gasteiger charge is 2.28. The molecule has 0 spiro atoms. The summed E-state index contributed by atoms with van der Waals surface area (Å²) < 4.78 is 24.5. The van der Waals surface area contributed by atoms with E-state index in [0.717, 1.165) is 0 Å². The minimum atomic E-state index is -3.16. The number of benzene rings is 1. The summed E-state index contributed by atoms with van der Waals surface area (Å²) in [5.41, 5.74) is 6.58. The van der Waals surface area contributed by atoms with Gasteiger partial charge in [0.25, 0.3) is 0 Å². The third-order valence-electron chi connectivity index (χ3n) is 3.08. The van der Waals surface area contributed by atoms with Crippen molar-refractivity contribution in [1.29, 1.82) is 0 Å². The minimum Gasteiger partial charge on any atom is -0.397 e. The van der Waals surface area contributed by atoms with E-state index in [4.69, 9.17) is 17.3 Å². The van der Waals surface area contributed by atoms with Gasteiger partial charge in [0.2, 0.25) is 15.9 Å². The van der Waals surface area contributed by atoms with Crippen molar-refractivity contribution in [3.05, 3.63) is 23.2 Å². The van der Waals surface area contributed by atoms with Crippen molar-refractivity contribution in [2.24, 2.45) is 0 Å². The summed E-state index contributed by atoms with van der Waals surface area (Å²) >= 11 is 5.77. The van der Waals surface area contributed by atoms with Crippen molar-refractivity contribution in [2.75, 3.05) is 29.9 Å². The maximum Gasteiger partial charge on any atom is 0.225 e. The molecular weight excluding hydrogens is 302 g/mol. The molecule has 0 unspecified atom stereocenters. The van der Waals surface area contributed by atoms with E-state index in [9.17, 15) is 13.2 Å². The topological polar surface area (TPSA) is 92.5 Å². The van der Waals surface area contributed by atoms with E-state index in [1.807, 2.05) is 0 Å². The number of nitrogen functional groups attached to an aromatic ring is 1. The Morgan fingerprint density at radius 1 is 1.45 bits per heavy atom. The molecule has 8 heteroatoms. The summed E-state index contributed by atoms with van der Waals surface area (Å²) in [6, 6.07) is 4.78. The second-order valence-electron chi connectivity index (χ2n) is 4.60. The summed E-state index contributed by atoms with van der Waals surface area (Å²) in [5, 5.41) is 3.13. The molecule has 1 aromatic carbocycles. The highest BCUT2D eigenvalue weighted by Crippen LogP contribution is 2.22. The Labute approximate surface area is 122 Å². The van der Waals surface area contributed by atoms with Crippen molar-refractivity contribution < 1.29 is 13.2 Å². The number of nitrogens with zero attached hydrogens (tertiary/aromatic N) is 1. The predicted molar refractivity (Wildman–Crippen MR) is 79.1 cm³/mol. The second kappa shape index (κ2) is 5.99. The first-order valence-electron chi connectivity index (χ1n) is 6.21. The molecule has 1 amide bonds. The van der Waals surface area contributed by atoms with Crippen LogP contribution in [0.5, 0.6) is 0 Å². The number of anilines is 2. The standard InChI is InChI=1S/C12H16ClN3O3S/c13-9-2-3-11(10(14)8-9)15-12(17)4-6-16-5-1-7-20(16,18)19/h2-3,8H,1,4-7,14H2,(H,15,17). The van der Waals surface area contributed by atoms with Gasteiger partial charge in [-0.2, -0.15) is 0 Å². The zero-order valence-corrected chi connectivity index (χ0v) is 12.4. The lowest BCUT2D eigenvalue weighted by molar-refractivity contribution is -0.116. The Morgan fingerprint density at radius 3 is 2.80 bits per heavy atom. The fourth-order valence-corrected chi connectivity index (χ4v) is 3.74. The van der Waals surface area contributed by atoms with Crippen LogP contribution in [0.3, 0.4) is 0 Å². The lowest BCUT2D eigenvalue weighted by atomic mass is 10.2. The molecule has 0 saturated carbocycles. The van der Waals surface area contributed by atoms with Crippen LogP contribution in [0.15, 0.2) is 18.2 Å². The maximum absolute atomic E-state index is 11.8. The van der Waals surface area contributed by atoms with Crippen LogP contribution in [0.1, 0.15) is 12.8 Å². The number of hydrogen-bond donors (Lipinski definition) is 2. The molecule has 1 fully saturated rings. The lowest BCUT2D eigenvalue weighted by Crippen LogP contribution is -2.29. The molecule has 0 aliphatic carbocycles. The third kappa shape index (κ3) is 3.62. The molecule has 0 radical (unpaired) electrons. The lowest BCUT2D eigenvalue weighted by Gasteiger charge is -2.14. The molecule has 0 aromatic heterocycles. The van der Waals surface area contributed by atoms with E-state index < -0.39 is 10.0 Å². The number of sulfonamides is 1. The van der Waals surface area contributed by atoms with Crippen molar-refractivity contribution in [3.63, 3.8) is 0 Å². The largest absolute Gasteiger partial charge is 0.397 e. The predicted octanol–water partition coefficient (Wildman–Crippen LogP) is 1.29. The molecule has 0 atom stereocenters. The number of hydrogen-bond acceptors (Lipinski definition) is 4. The molecule has 1 heterocycles. The first kappa shape index (κ1) is 15.1. The summed E-state index contributed by atoms with van der Waals surface area (Å²) in [5.74, 6) is -0.111. The molecule has 3 N–H and O–H groups in total. The van der Waals surface area contributed by atoms with Gasteiger partial charge in [-0.05, 0) is 24.6 Å². The molecule has 6 nitrogen and oxygen atoms in total. The highest BCUT2D eigenvalue weighted by molar-refractivity contribution is 7.89. The number of halogens is 1. The van der Waals surface area contributed by atoms with Gasteiger partial charge >= 0.3 is 0 Å². The average molecular weight is 318 g/mol. The van der Waals surface area contributed by atoms with Gasteiger partial charge in [-0.1, -0.05) is 11.6 Å². The molecule has 2 rings (SSSR count). The van der Waals surface area contributed by atoms with Crippen LogP contribution in [0.2, 0.25) is 5.02 Å². The van der Waals surface area contributed by atoms with Crippen LogP contribution in [0.4, 0.5) is 11.4 Å². The van der Waals surface area contributed by atoms with Crippen LogP contribution in [-0.4, -0.2) is 37.5 Å². The van der Waals surface area contributed by atoms with Crippen LogP contribution < -0.4 is 11.1 Å². The highest BCUT2D eigenvalue weighted by atomic mass is 35.5. The molecule has 110 valence electrons. The van der Waals surface area contributed by atoms with E-state index >= 15 is 0 Å². The molecule has 1 aliphatic rings. The fourth-order valence-electron chi connectivity index (χ4n) is 2.03. The van der Waals surface area contributed by atoms with Crippen LogP contribution >= 0.6 is 11.6 Å². The molecule has 1 aromatic rings. The number of nitrogens with one attached hydrogen (secondary N) is 1. The van der Waals surface area contributed by atoms with Gasteiger partial charge < -0.3 is 11.1 Å². The average Bonchev–Trinajstić information content (AvgIpc) is 2.69. The van der Waals surface area contributed by atoms with Crippen LogP contribution in [-0.2, 0) is 14.8 Å². The molecule has 1 saturated heterocycles. The van der Waals surface area contributed by atoms with E-state index in [-0.39, 0.29) is 24.6 Å². The molecule has 1 aliphatic heterocycles. The summed E-state index contributed by atoms with van der Waals surface area (Å²) in [7, 11) is -3.16. The van der Waals surface area contributed by atoms with Gasteiger partial charge in [0.15, 0.2) is 0 Å². The van der Waals surface area contributed by atoms with Crippen molar-refractivity contribution >= 4 is 38.9 Å². The zero-order chi connectivity index (χ0) is 14.8. The Morgan fingerprint density at radius 2 is 2.20 bits per heavy atom. The number of rotatable bonds is 4. The zero-order valence-electron chi connectivity index (χ0n) is 10.8. The van der Waals surface area contributed by atoms with Gasteiger partial charge in [0.1, 0.15) is 0 Å². The summed E-state index contributed by atoms with van der Waals surface area (Å²) in [6.07, 6.45) is 0.718. The quantitative estimate of drug-likeness (QED) is 0.818. The SMILES string of the molecule is Nc1cc(Cl)ccc1NC(=O)CCN1CCCS1(=O)=O. The van der Waals surface area contributed by atoms with Gasteiger partial charge in [0, 0.05) is 24.5 Å². The van der Waals surface area contributed by atoms with Gasteiger partial charge in [0.05, 0.1) is 17.1 Å². The minimum absolute atomic E-state index is 0.0985. The Hall–Kier alpha value is -1.31.